The first-order valence-electron chi connectivity index (χ1n) is 6.78. The molecule has 0 radical (unpaired) electrons. The molecule has 20 heavy (non-hydrogen) atoms. The molecule has 1 fully saturated rings. The number of carbonyl (C=O) groups excluding carboxylic acids is 1. The van der Waals surface area contributed by atoms with E-state index in [9.17, 15) is 9.59 Å². The molecule has 108 valence electrons. The molecular weight excluding hydrogens is 258 g/mol. The maximum atomic E-state index is 11.8. The monoisotopic (exact) mass is 277 g/mol. The normalized spacial score (nSPS) is 17.9. The third-order valence-electron chi connectivity index (χ3n) is 3.54. The second-order valence-electron chi connectivity index (χ2n) is 5.15. The van der Waals surface area contributed by atoms with Crippen LogP contribution in [-0.2, 0) is 9.53 Å². The second kappa shape index (κ2) is 6.52. The third-order valence-corrected chi connectivity index (χ3v) is 3.54. The van der Waals surface area contributed by atoms with Crippen LogP contribution in [0, 0.1) is 12.8 Å². The van der Waals surface area contributed by atoms with Crippen molar-refractivity contribution < 1.29 is 19.4 Å². The van der Waals surface area contributed by atoms with Gasteiger partial charge in [0.2, 0.25) is 5.91 Å². The fourth-order valence-electron chi connectivity index (χ4n) is 2.35. The summed E-state index contributed by atoms with van der Waals surface area (Å²) < 4.78 is 5.27. The second-order valence-corrected chi connectivity index (χ2v) is 5.15. The molecule has 5 heteroatoms. The topological polar surface area (TPSA) is 75.6 Å². The zero-order chi connectivity index (χ0) is 14.5. The Balaban J connectivity index is 1.87. The number of aromatic carboxylic acids is 1. The average molecular weight is 277 g/mol. The lowest BCUT2D eigenvalue weighted by Crippen LogP contribution is -2.14. The number of carbonyl (C=O) groups is 2. The number of hydrogen-bond donors (Lipinski definition) is 2. The molecule has 1 heterocycles. The van der Waals surface area contributed by atoms with Gasteiger partial charge < -0.3 is 15.2 Å². The Morgan fingerprint density at radius 2 is 2.25 bits per heavy atom. The zero-order valence-electron chi connectivity index (χ0n) is 11.5. The van der Waals surface area contributed by atoms with Crippen LogP contribution in [0.15, 0.2) is 18.2 Å². The Labute approximate surface area is 117 Å². The minimum absolute atomic E-state index is 0.0422. The van der Waals surface area contributed by atoms with Gasteiger partial charge in [-0.3, -0.25) is 4.79 Å². The summed E-state index contributed by atoms with van der Waals surface area (Å²) in [6.07, 6.45) is 2.32. The smallest absolute Gasteiger partial charge is 0.335 e. The molecule has 2 N–H and O–H groups in total. The van der Waals surface area contributed by atoms with Gasteiger partial charge in [-0.15, -0.1) is 0 Å². The molecule has 1 aromatic rings. The summed E-state index contributed by atoms with van der Waals surface area (Å²) in [5.41, 5.74) is 1.53. The lowest BCUT2D eigenvalue weighted by Gasteiger charge is -2.09. The van der Waals surface area contributed by atoms with Crippen molar-refractivity contribution in [3.8, 4) is 0 Å². The van der Waals surface area contributed by atoms with Crippen molar-refractivity contribution in [2.45, 2.75) is 26.2 Å². The summed E-state index contributed by atoms with van der Waals surface area (Å²) in [6, 6.07) is 4.81. The quantitative estimate of drug-likeness (QED) is 0.866. The van der Waals surface area contributed by atoms with Gasteiger partial charge in [-0.1, -0.05) is 0 Å². The van der Waals surface area contributed by atoms with Crippen molar-refractivity contribution in [2.75, 3.05) is 18.5 Å². The van der Waals surface area contributed by atoms with Crippen LogP contribution in [0.5, 0.6) is 0 Å². The number of benzene rings is 1. The molecule has 0 bridgehead atoms. The highest BCUT2D eigenvalue weighted by Gasteiger charge is 2.17. The van der Waals surface area contributed by atoms with Crippen molar-refractivity contribution in [2.24, 2.45) is 5.92 Å². The van der Waals surface area contributed by atoms with Crippen molar-refractivity contribution in [3.05, 3.63) is 29.3 Å². The van der Waals surface area contributed by atoms with E-state index >= 15 is 0 Å². The highest BCUT2D eigenvalue weighted by Crippen LogP contribution is 2.19. The molecule has 1 amide bonds. The number of aryl methyl sites for hydroxylation is 1. The van der Waals surface area contributed by atoms with Gasteiger partial charge in [-0.2, -0.15) is 0 Å². The Morgan fingerprint density at radius 1 is 1.45 bits per heavy atom. The van der Waals surface area contributed by atoms with Crippen LogP contribution < -0.4 is 5.32 Å². The van der Waals surface area contributed by atoms with Crippen molar-refractivity contribution in [1.29, 1.82) is 0 Å². The summed E-state index contributed by atoms with van der Waals surface area (Å²) in [7, 11) is 0. The largest absolute Gasteiger partial charge is 0.478 e. The molecule has 1 aliphatic heterocycles. The van der Waals surface area contributed by atoms with Crippen molar-refractivity contribution >= 4 is 17.6 Å². The zero-order valence-corrected chi connectivity index (χ0v) is 11.5. The molecule has 0 spiro atoms. The van der Waals surface area contributed by atoms with Crippen LogP contribution >= 0.6 is 0 Å². The van der Waals surface area contributed by atoms with Gasteiger partial charge in [0.1, 0.15) is 0 Å². The highest BCUT2D eigenvalue weighted by molar-refractivity contribution is 5.93. The van der Waals surface area contributed by atoms with E-state index in [1.807, 2.05) is 0 Å². The van der Waals surface area contributed by atoms with Gasteiger partial charge in [0, 0.05) is 25.3 Å². The molecule has 0 saturated carbocycles. The predicted octanol–water partition coefficient (Wildman–Crippen LogP) is 2.45. The fraction of sp³-hybridized carbons (Fsp3) is 0.467. The van der Waals surface area contributed by atoms with Crippen LogP contribution in [0.25, 0.3) is 0 Å². The number of carboxylic acids is 1. The SMILES string of the molecule is Cc1cc(NC(=O)CCC2CCOC2)ccc1C(=O)O. The van der Waals surface area contributed by atoms with Crippen LogP contribution in [-0.4, -0.2) is 30.2 Å². The van der Waals surface area contributed by atoms with Crippen LogP contribution in [0.3, 0.4) is 0 Å². The van der Waals surface area contributed by atoms with Gasteiger partial charge in [0.05, 0.1) is 5.56 Å². The molecule has 2 rings (SSSR count). The Kier molecular flexibility index (Phi) is 4.74. The van der Waals surface area contributed by atoms with Crippen LogP contribution in [0.1, 0.15) is 35.2 Å². The number of anilines is 1. The van der Waals surface area contributed by atoms with E-state index in [0.29, 0.717) is 23.6 Å². The van der Waals surface area contributed by atoms with E-state index in [4.69, 9.17) is 9.84 Å². The minimum Gasteiger partial charge on any atom is -0.478 e. The van der Waals surface area contributed by atoms with E-state index in [1.165, 1.54) is 6.07 Å². The summed E-state index contributed by atoms with van der Waals surface area (Å²) in [5.74, 6) is -0.516. The van der Waals surface area contributed by atoms with E-state index in [1.54, 1.807) is 19.1 Å². The molecule has 1 atom stereocenters. The van der Waals surface area contributed by atoms with Gasteiger partial charge >= 0.3 is 5.97 Å². The summed E-state index contributed by atoms with van der Waals surface area (Å²) in [6.45, 7) is 3.26. The first-order chi connectivity index (χ1) is 9.56. The van der Waals surface area contributed by atoms with Crippen molar-refractivity contribution in [1.82, 2.24) is 0 Å². The molecule has 1 saturated heterocycles. The Bertz CT molecular complexity index is 507. The predicted molar refractivity (Wildman–Crippen MR) is 74.9 cm³/mol. The molecule has 0 aromatic heterocycles. The Hall–Kier alpha value is -1.88. The fourth-order valence-corrected chi connectivity index (χ4v) is 2.35. The number of amides is 1. The van der Waals surface area contributed by atoms with Gasteiger partial charge in [-0.25, -0.2) is 4.79 Å². The lowest BCUT2D eigenvalue weighted by molar-refractivity contribution is -0.116. The molecule has 1 aromatic carbocycles. The van der Waals surface area contributed by atoms with E-state index in [0.717, 1.165) is 26.1 Å². The van der Waals surface area contributed by atoms with Crippen molar-refractivity contribution in [3.63, 3.8) is 0 Å². The van der Waals surface area contributed by atoms with E-state index < -0.39 is 5.97 Å². The lowest BCUT2D eigenvalue weighted by atomic mass is 10.0. The first kappa shape index (κ1) is 14.5. The summed E-state index contributed by atoms with van der Waals surface area (Å²) in [4.78, 5) is 22.7. The number of nitrogens with one attached hydrogen (secondary N) is 1. The summed E-state index contributed by atoms with van der Waals surface area (Å²) >= 11 is 0. The first-order valence-corrected chi connectivity index (χ1v) is 6.78. The third kappa shape index (κ3) is 3.81. The number of rotatable bonds is 5. The average Bonchev–Trinajstić information content (AvgIpc) is 2.89. The minimum atomic E-state index is -0.957. The highest BCUT2D eigenvalue weighted by atomic mass is 16.5. The Morgan fingerprint density at radius 3 is 2.85 bits per heavy atom. The molecule has 0 aliphatic carbocycles. The van der Waals surface area contributed by atoms with Gasteiger partial charge in [0.25, 0.3) is 0 Å². The molecule has 1 unspecified atom stereocenters. The van der Waals surface area contributed by atoms with Gasteiger partial charge in [-0.05, 0) is 49.4 Å². The van der Waals surface area contributed by atoms with E-state index in [-0.39, 0.29) is 11.5 Å². The van der Waals surface area contributed by atoms with Crippen LogP contribution in [0.4, 0.5) is 5.69 Å². The number of hydrogen-bond acceptors (Lipinski definition) is 3. The summed E-state index contributed by atoms with van der Waals surface area (Å²) in [5, 5.41) is 11.7. The molecular formula is C15H19NO4. The number of carboxylic acid groups (broad SMARTS) is 1. The molecule has 1 aliphatic rings. The maximum absolute atomic E-state index is 11.8. The standard InChI is InChI=1S/C15H19NO4/c1-10-8-12(3-4-13(10)15(18)19)16-14(17)5-2-11-6-7-20-9-11/h3-4,8,11H,2,5-7,9H2,1H3,(H,16,17)(H,18,19). The van der Waals surface area contributed by atoms with Crippen LogP contribution in [0.2, 0.25) is 0 Å². The maximum Gasteiger partial charge on any atom is 0.335 e. The van der Waals surface area contributed by atoms with Gasteiger partial charge in [0.15, 0.2) is 0 Å². The van der Waals surface area contributed by atoms with E-state index in [2.05, 4.69) is 5.32 Å². The molecule has 5 nitrogen and oxygen atoms in total. The number of ether oxygens (including phenoxy) is 1.